The summed E-state index contributed by atoms with van der Waals surface area (Å²) in [4.78, 5) is 15.0. The lowest BCUT2D eigenvalue weighted by Crippen LogP contribution is -2.21. The van der Waals surface area contributed by atoms with Crippen LogP contribution < -0.4 is 5.11 Å². The lowest BCUT2D eigenvalue weighted by Gasteiger charge is -2.11. The number of benzene rings is 2. The maximum absolute atomic E-state index is 10.9. The van der Waals surface area contributed by atoms with Crippen molar-refractivity contribution in [1.82, 2.24) is 19.7 Å². The number of pyridine rings is 1. The number of hydrogen-bond acceptors (Lipinski definition) is 6. The third-order valence-electron chi connectivity index (χ3n) is 4.42. The molecule has 0 spiro atoms. The molecule has 2 aromatic carbocycles. The quantitative estimate of drug-likeness (QED) is 0.461. The molecule has 0 atom stereocenters. The smallest absolute Gasteiger partial charge is 0.196 e. The zero-order chi connectivity index (χ0) is 20.2. The van der Waals surface area contributed by atoms with E-state index in [9.17, 15) is 9.90 Å². The molecule has 0 bridgehead atoms. The molecule has 7 heteroatoms. The molecular weight excluding hydrogens is 384 g/mol. The van der Waals surface area contributed by atoms with Crippen LogP contribution in [0, 0.1) is 6.92 Å². The van der Waals surface area contributed by atoms with Gasteiger partial charge in [0.2, 0.25) is 0 Å². The van der Waals surface area contributed by atoms with Crippen molar-refractivity contribution in [2.24, 2.45) is 0 Å². The highest BCUT2D eigenvalue weighted by atomic mass is 32.2. The number of aromatic carboxylic acids is 1. The van der Waals surface area contributed by atoms with Crippen molar-refractivity contribution in [2.45, 2.75) is 17.8 Å². The fourth-order valence-electron chi connectivity index (χ4n) is 2.86. The van der Waals surface area contributed by atoms with Gasteiger partial charge < -0.3 is 9.90 Å². The van der Waals surface area contributed by atoms with Crippen molar-refractivity contribution in [2.75, 3.05) is 0 Å². The lowest BCUT2D eigenvalue weighted by molar-refractivity contribution is -0.255. The first-order chi connectivity index (χ1) is 14.1. The van der Waals surface area contributed by atoms with Gasteiger partial charge in [-0.1, -0.05) is 53.7 Å². The average Bonchev–Trinajstić information content (AvgIpc) is 3.17. The van der Waals surface area contributed by atoms with Gasteiger partial charge >= 0.3 is 0 Å². The Morgan fingerprint density at radius 3 is 2.31 bits per heavy atom. The number of hydrogen-bond donors (Lipinski definition) is 0. The Kier molecular flexibility index (Phi) is 5.39. The number of rotatable bonds is 6. The van der Waals surface area contributed by atoms with Gasteiger partial charge in [-0.3, -0.25) is 9.55 Å². The average molecular weight is 401 g/mol. The molecule has 6 nitrogen and oxygen atoms in total. The molecule has 0 saturated carbocycles. The van der Waals surface area contributed by atoms with Gasteiger partial charge in [0.25, 0.3) is 0 Å². The largest absolute Gasteiger partial charge is 0.545 e. The number of aryl methyl sites for hydroxylation is 1. The Hall–Kier alpha value is -3.45. The molecule has 0 saturated heterocycles. The minimum absolute atomic E-state index is 0.168. The summed E-state index contributed by atoms with van der Waals surface area (Å²) < 4.78 is 2.02. The van der Waals surface area contributed by atoms with Crippen LogP contribution in [-0.2, 0) is 5.75 Å². The first-order valence-corrected chi connectivity index (χ1v) is 9.96. The standard InChI is InChI=1S/C22H18N4O2S/c1-15-2-8-19(9-3-15)26-20(17-10-12-23-13-11-17)24-25-22(26)29-14-16-4-6-18(7-5-16)21(27)28/h2-13H,14H2,1H3,(H,27,28)/p-1. The summed E-state index contributed by atoms with van der Waals surface area (Å²) in [5.41, 5.74) is 4.24. The fraction of sp³-hybridized carbons (Fsp3) is 0.0909. The first-order valence-electron chi connectivity index (χ1n) is 8.98. The lowest BCUT2D eigenvalue weighted by atomic mass is 10.1. The summed E-state index contributed by atoms with van der Waals surface area (Å²) in [5.74, 6) is 0.199. The van der Waals surface area contributed by atoms with E-state index in [1.807, 2.05) is 35.8 Å². The van der Waals surface area contributed by atoms with Crippen LogP contribution in [0.3, 0.4) is 0 Å². The molecular formula is C22H17N4O2S-. The Bertz CT molecular complexity index is 1120. The second-order valence-electron chi connectivity index (χ2n) is 6.49. The number of carbonyl (C=O) groups is 1. The predicted molar refractivity (Wildman–Crippen MR) is 110 cm³/mol. The van der Waals surface area contributed by atoms with E-state index in [1.54, 1.807) is 36.7 Å². The first kappa shape index (κ1) is 18.9. The third kappa shape index (κ3) is 4.20. The molecule has 2 aromatic heterocycles. The van der Waals surface area contributed by atoms with Crippen molar-refractivity contribution in [3.63, 3.8) is 0 Å². The van der Waals surface area contributed by atoms with Crippen LogP contribution in [0.1, 0.15) is 21.5 Å². The number of carboxylic acid groups (broad SMARTS) is 1. The monoisotopic (exact) mass is 401 g/mol. The molecule has 0 N–H and O–H groups in total. The maximum atomic E-state index is 10.9. The van der Waals surface area contributed by atoms with E-state index in [4.69, 9.17) is 0 Å². The molecule has 0 unspecified atom stereocenters. The summed E-state index contributed by atoms with van der Waals surface area (Å²) in [6, 6.07) is 18.7. The van der Waals surface area contributed by atoms with Crippen molar-refractivity contribution in [1.29, 1.82) is 0 Å². The highest BCUT2D eigenvalue weighted by molar-refractivity contribution is 7.98. The summed E-state index contributed by atoms with van der Waals surface area (Å²) in [7, 11) is 0. The molecule has 0 aliphatic carbocycles. The van der Waals surface area contributed by atoms with Crippen LogP contribution in [0.15, 0.2) is 78.2 Å². The summed E-state index contributed by atoms with van der Waals surface area (Å²) in [6.45, 7) is 2.05. The van der Waals surface area contributed by atoms with E-state index in [-0.39, 0.29) is 5.56 Å². The Balaban J connectivity index is 1.67. The van der Waals surface area contributed by atoms with Crippen molar-refractivity contribution >= 4 is 17.7 Å². The number of carboxylic acids is 1. The van der Waals surface area contributed by atoms with Gasteiger partial charge in [-0.25, -0.2) is 0 Å². The molecule has 2 heterocycles. The third-order valence-corrected chi connectivity index (χ3v) is 5.42. The molecule has 0 fully saturated rings. The number of aromatic nitrogens is 4. The van der Waals surface area contributed by atoms with Crippen LogP contribution in [-0.4, -0.2) is 25.7 Å². The predicted octanol–water partition coefficient (Wildman–Crippen LogP) is 3.29. The second kappa shape index (κ2) is 8.28. The zero-order valence-electron chi connectivity index (χ0n) is 15.6. The van der Waals surface area contributed by atoms with Crippen LogP contribution in [0.25, 0.3) is 17.1 Å². The van der Waals surface area contributed by atoms with Gasteiger partial charge in [0.05, 0.1) is 5.97 Å². The van der Waals surface area contributed by atoms with Crippen molar-refractivity contribution < 1.29 is 9.90 Å². The van der Waals surface area contributed by atoms with Crippen LogP contribution in [0.5, 0.6) is 0 Å². The summed E-state index contributed by atoms with van der Waals surface area (Å²) in [5, 5.41) is 20.5. The highest BCUT2D eigenvalue weighted by Gasteiger charge is 2.16. The Morgan fingerprint density at radius 2 is 1.66 bits per heavy atom. The van der Waals surface area contributed by atoms with Gasteiger partial charge in [-0.05, 0) is 42.3 Å². The van der Waals surface area contributed by atoms with E-state index in [1.165, 1.54) is 17.3 Å². The van der Waals surface area contributed by atoms with Gasteiger partial charge in [0.1, 0.15) is 0 Å². The molecule has 29 heavy (non-hydrogen) atoms. The SMILES string of the molecule is Cc1ccc(-n2c(SCc3ccc(C(=O)[O-])cc3)nnc2-c2ccncc2)cc1. The molecule has 0 aliphatic heterocycles. The molecule has 4 aromatic rings. The van der Waals surface area contributed by atoms with Crippen molar-refractivity contribution in [3.8, 4) is 17.1 Å². The van der Waals surface area contributed by atoms with E-state index in [0.29, 0.717) is 5.75 Å². The second-order valence-corrected chi connectivity index (χ2v) is 7.43. The summed E-state index contributed by atoms with van der Waals surface area (Å²) >= 11 is 1.54. The fourth-order valence-corrected chi connectivity index (χ4v) is 3.77. The molecule has 4 rings (SSSR count). The van der Waals surface area contributed by atoms with Gasteiger partial charge in [0.15, 0.2) is 11.0 Å². The normalized spacial score (nSPS) is 10.8. The van der Waals surface area contributed by atoms with E-state index in [2.05, 4.69) is 27.3 Å². The van der Waals surface area contributed by atoms with Gasteiger partial charge in [-0.2, -0.15) is 0 Å². The number of thioether (sulfide) groups is 1. The minimum atomic E-state index is -1.18. The maximum Gasteiger partial charge on any atom is 0.196 e. The Morgan fingerprint density at radius 1 is 0.966 bits per heavy atom. The van der Waals surface area contributed by atoms with Crippen molar-refractivity contribution in [3.05, 3.63) is 89.7 Å². The molecule has 0 aliphatic rings. The number of nitrogens with zero attached hydrogens (tertiary/aromatic N) is 4. The van der Waals surface area contributed by atoms with E-state index < -0.39 is 5.97 Å². The minimum Gasteiger partial charge on any atom is -0.545 e. The van der Waals surface area contributed by atoms with Crippen LogP contribution in [0.4, 0.5) is 0 Å². The van der Waals surface area contributed by atoms with E-state index >= 15 is 0 Å². The topological polar surface area (TPSA) is 83.7 Å². The highest BCUT2D eigenvalue weighted by Crippen LogP contribution is 2.29. The van der Waals surface area contributed by atoms with E-state index in [0.717, 1.165) is 27.8 Å². The Labute approximate surface area is 172 Å². The summed E-state index contributed by atoms with van der Waals surface area (Å²) in [6.07, 6.45) is 3.46. The zero-order valence-corrected chi connectivity index (χ0v) is 16.5. The van der Waals surface area contributed by atoms with Crippen LogP contribution in [0.2, 0.25) is 0 Å². The number of carbonyl (C=O) groups excluding carboxylic acids is 1. The van der Waals surface area contributed by atoms with Crippen LogP contribution >= 0.6 is 11.8 Å². The molecule has 144 valence electrons. The molecule has 0 amide bonds. The molecule has 0 radical (unpaired) electrons. The van der Waals surface area contributed by atoms with Gasteiger partial charge in [-0.15, -0.1) is 10.2 Å². The van der Waals surface area contributed by atoms with Gasteiger partial charge in [0, 0.05) is 29.4 Å².